The minimum Gasteiger partial charge on any atom is -0.481 e. The summed E-state index contributed by atoms with van der Waals surface area (Å²) in [5.74, 6) is -0.530. The Hall–Kier alpha value is -1.32. The van der Waals surface area contributed by atoms with Crippen LogP contribution in [0.25, 0.3) is 0 Å². The molecule has 8 nitrogen and oxygen atoms in total. The monoisotopic (exact) mass is 602 g/mol. The van der Waals surface area contributed by atoms with Gasteiger partial charge < -0.3 is 29.9 Å². The molecule has 0 aromatic rings. The van der Waals surface area contributed by atoms with Crippen LogP contribution in [0.3, 0.4) is 0 Å². The molecule has 6 aliphatic rings. The molecule has 4 N–H and O–H groups in total. The highest BCUT2D eigenvalue weighted by molar-refractivity contribution is 5.85. The Bertz CT molecular complexity index is 1210. The number of ether oxygens (including phenoxy) is 2. The molecule has 0 spiro atoms. The van der Waals surface area contributed by atoms with Crippen molar-refractivity contribution in [2.45, 2.75) is 137 Å². The summed E-state index contributed by atoms with van der Waals surface area (Å²) in [6.07, 6.45) is 5.00. The van der Waals surface area contributed by atoms with Gasteiger partial charge in [0.05, 0.1) is 17.6 Å². The number of ketones is 1. The Morgan fingerprint density at radius 3 is 2.30 bits per heavy atom. The van der Waals surface area contributed by atoms with Gasteiger partial charge in [-0.15, -0.1) is 0 Å². The molecule has 6 rings (SSSR count). The molecular weight excluding hydrogens is 548 g/mol. The number of hydrogen-bond donors (Lipinski definition) is 4. The second-order valence-corrected chi connectivity index (χ2v) is 17.3. The van der Waals surface area contributed by atoms with Gasteiger partial charge in [0.2, 0.25) is 0 Å². The number of hydrogen-bond acceptors (Lipinski definition) is 7. The van der Waals surface area contributed by atoms with E-state index in [1.165, 1.54) is 5.57 Å². The standard InChI is InChI=1S/C35H54O8/c1-30(2)16-20-19-8-9-23-32(5)12-11-25(43-28-27(39)26(38)21(36)18-42-28)31(3,4)22(32)10-13-34(23,7)33(19,6)14-15-35(20,29(40)41)17-24(30)37/h8,20,22-28,37-39H,9-18H2,1-7H3,(H,40,41). The summed E-state index contributed by atoms with van der Waals surface area (Å²) in [6, 6.07) is 0. The van der Waals surface area contributed by atoms with E-state index in [-0.39, 0.29) is 45.7 Å². The summed E-state index contributed by atoms with van der Waals surface area (Å²) in [4.78, 5) is 24.8. The quantitative estimate of drug-likeness (QED) is 0.266. The second-order valence-electron chi connectivity index (χ2n) is 17.3. The molecule has 1 aliphatic heterocycles. The normalized spacial score (nSPS) is 52.1. The highest BCUT2D eigenvalue weighted by Gasteiger charge is 2.70. The summed E-state index contributed by atoms with van der Waals surface area (Å²) in [5.41, 5.74) is -0.141. The number of carbonyl (C=O) groups is 2. The SMILES string of the molecule is CC1(C)CC2C3=CCC4C5(C)CCC(OC6OCC(=O)C(O)C6O)C(C)(C)C5CCC4(C)C3(C)CCC2(C(=O)O)CC1O. The number of fused-ring (bicyclic) bond motifs is 7. The van der Waals surface area contributed by atoms with Gasteiger partial charge in [-0.25, -0.2) is 0 Å². The average Bonchev–Trinajstić information content (AvgIpc) is 2.91. The Morgan fingerprint density at radius 2 is 1.63 bits per heavy atom. The molecule has 4 saturated carbocycles. The highest BCUT2D eigenvalue weighted by Crippen LogP contribution is 2.76. The van der Waals surface area contributed by atoms with Crippen LogP contribution in [0.15, 0.2) is 11.6 Å². The zero-order valence-electron chi connectivity index (χ0n) is 27.2. The van der Waals surface area contributed by atoms with E-state index in [0.29, 0.717) is 31.1 Å². The maximum absolute atomic E-state index is 12.9. The Morgan fingerprint density at radius 1 is 0.930 bits per heavy atom. The van der Waals surface area contributed by atoms with Gasteiger partial charge in [-0.05, 0) is 103 Å². The van der Waals surface area contributed by atoms with Crippen molar-refractivity contribution in [3.63, 3.8) is 0 Å². The summed E-state index contributed by atoms with van der Waals surface area (Å²) in [7, 11) is 0. The van der Waals surface area contributed by atoms with Crippen LogP contribution in [0, 0.1) is 50.2 Å². The zero-order chi connectivity index (χ0) is 31.5. The van der Waals surface area contributed by atoms with Crippen molar-refractivity contribution in [1.82, 2.24) is 0 Å². The number of carbonyl (C=O) groups excluding carboxylic acids is 1. The van der Waals surface area contributed by atoms with E-state index in [9.17, 15) is 30.0 Å². The maximum Gasteiger partial charge on any atom is 0.310 e. The predicted octanol–water partition coefficient (Wildman–Crippen LogP) is 4.88. The Balaban J connectivity index is 1.31. The number of aliphatic carboxylic acids is 1. The summed E-state index contributed by atoms with van der Waals surface area (Å²) < 4.78 is 11.9. The molecule has 0 bridgehead atoms. The van der Waals surface area contributed by atoms with Crippen LogP contribution in [0.1, 0.15) is 106 Å². The van der Waals surface area contributed by atoms with Gasteiger partial charge in [0.25, 0.3) is 0 Å². The van der Waals surface area contributed by atoms with Crippen molar-refractivity contribution in [1.29, 1.82) is 0 Å². The Kier molecular flexibility index (Phi) is 7.24. The fourth-order valence-electron chi connectivity index (χ4n) is 11.8. The number of carboxylic acid groups (broad SMARTS) is 1. The van der Waals surface area contributed by atoms with Crippen molar-refractivity contribution in [3.8, 4) is 0 Å². The van der Waals surface area contributed by atoms with Crippen LogP contribution in [0.5, 0.6) is 0 Å². The lowest BCUT2D eigenvalue weighted by Gasteiger charge is -2.71. The second kappa shape index (κ2) is 9.84. The van der Waals surface area contributed by atoms with Crippen LogP contribution in [-0.2, 0) is 19.1 Å². The van der Waals surface area contributed by atoms with Crippen molar-refractivity contribution in [2.24, 2.45) is 50.2 Å². The predicted molar refractivity (Wildman–Crippen MR) is 160 cm³/mol. The van der Waals surface area contributed by atoms with Crippen molar-refractivity contribution < 1.29 is 39.5 Å². The van der Waals surface area contributed by atoms with E-state index in [4.69, 9.17) is 9.47 Å². The first-order valence-electron chi connectivity index (χ1n) is 16.6. The van der Waals surface area contributed by atoms with E-state index in [1.807, 2.05) is 0 Å². The van der Waals surface area contributed by atoms with Gasteiger partial charge >= 0.3 is 5.97 Å². The van der Waals surface area contributed by atoms with E-state index in [1.54, 1.807) is 0 Å². The molecule has 1 heterocycles. The largest absolute Gasteiger partial charge is 0.481 e. The molecular formula is C35H54O8. The molecule has 8 heteroatoms. The third-order valence-corrected chi connectivity index (χ3v) is 14.8. The maximum atomic E-state index is 12.9. The van der Waals surface area contributed by atoms with Gasteiger partial charge in [-0.2, -0.15) is 0 Å². The first-order chi connectivity index (χ1) is 19.8. The average molecular weight is 603 g/mol. The highest BCUT2D eigenvalue weighted by atomic mass is 16.7. The van der Waals surface area contributed by atoms with Crippen LogP contribution in [0.4, 0.5) is 0 Å². The van der Waals surface area contributed by atoms with Crippen LogP contribution in [0.2, 0.25) is 0 Å². The third-order valence-electron chi connectivity index (χ3n) is 14.8. The molecule has 12 unspecified atom stereocenters. The van der Waals surface area contributed by atoms with Gasteiger partial charge in [-0.1, -0.05) is 60.1 Å². The van der Waals surface area contributed by atoms with Crippen LogP contribution < -0.4 is 0 Å². The van der Waals surface area contributed by atoms with Crippen molar-refractivity contribution in [3.05, 3.63) is 11.6 Å². The number of allylic oxidation sites excluding steroid dienone is 2. The topological polar surface area (TPSA) is 134 Å². The van der Waals surface area contributed by atoms with E-state index < -0.39 is 41.8 Å². The van der Waals surface area contributed by atoms with E-state index >= 15 is 0 Å². The van der Waals surface area contributed by atoms with Gasteiger partial charge in [0, 0.05) is 0 Å². The number of aliphatic hydroxyl groups excluding tert-OH is 3. The smallest absolute Gasteiger partial charge is 0.310 e. The fraction of sp³-hybridized carbons (Fsp3) is 0.886. The number of Topliss-reactive ketones (excluding diaryl/α,β-unsaturated/α-hetero) is 1. The number of carboxylic acids is 1. The summed E-state index contributed by atoms with van der Waals surface area (Å²) in [5, 5.41) is 42.3. The zero-order valence-corrected chi connectivity index (χ0v) is 27.2. The minimum absolute atomic E-state index is 0.0180. The molecule has 0 aromatic carbocycles. The van der Waals surface area contributed by atoms with E-state index in [2.05, 4.69) is 54.5 Å². The first-order valence-corrected chi connectivity index (χ1v) is 16.6. The molecule has 5 aliphatic carbocycles. The lowest BCUT2D eigenvalue weighted by Crippen LogP contribution is -2.66. The molecule has 12 atom stereocenters. The Labute approximate surface area is 256 Å². The van der Waals surface area contributed by atoms with Gasteiger partial charge in [0.15, 0.2) is 12.1 Å². The molecule has 43 heavy (non-hydrogen) atoms. The summed E-state index contributed by atoms with van der Waals surface area (Å²) in [6.45, 7) is 15.8. The number of aliphatic hydroxyl groups is 3. The lowest BCUT2D eigenvalue weighted by molar-refractivity contribution is -0.285. The molecule has 0 radical (unpaired) electrons. The molecule has 0 amide bonds. The number of rotatable bonds is 3. The van der Waals surface area contributed by atoms with E-state index in [0.717, 1.165) is 38.5 Å². The van der Waals surface area contributed by atoms with Crippen LogP contribution in [-0.4, -0.2) is 69.5 Å². The molecule has 1 saturated heterocycles. The lowest BCUT2D eigenvalue weighted by atomic mass is 9.33. The molecule has 242 valence electrons. The van der Waals surface area contributed by atoms with Crippen molar-refractivity contribution in [2.75, 3.05) is 6.61 Å². The first kappa shape index (κ1) is 31.7. The minimum atomic E-state index is -1.48. The fourth-order valence-corrected chi connectivity index (χ4v) is 11.8. The third kappa shape index (κ3) is 4.18. The van der Waals surface area contributed by atoms with Crippen molar-refractivity contribution >= 4 is 11.8 Å². The van der Waals surface area contributed by atoms with Crippen LogP contribution >= 0.6 is 0 Å². The van der Waals surface area contributed by atoms with Gasteiger partial charge in [0.1, 0.15) is 18.8 Å². The molecule has 0 aromatic heterocycles. The summed E-state index contributed by atoms with van der Waals surface area (Å²) >= 11 is 0. The van der Waals surface area contributed by atoms with Gasteiger partial charge in [-0.3, -0.25) is 9.59 Å². The molecule has 5 fully saturated rings.